The number of nitrogens with zero attached hydrogens (tertiary/aromatic N) is 4. The van der Waals surface area contributed by atoms with Gasteiger partial charge in [-0.2, -0.15) is 0 Å². The SMILES string of the molecule is CC(NC(=O)Cn1cc(CN)nn1)C(=O)N(C)C. The molecule has 1 aromatic rings. The lowest BCUT2D eigenvalue weighted by molar-refractivity contribution is -0.134. The molecule has 8 heteroatoms. The van der Waals surface area contributed by atoms with Crippen molar-refractivity contribution in [3.05, 3.63) is 11.9 Å². The minimum Gasteiger partial charge on any atom is -0.347 e. The summed E-state index contributed by atoms with van der Waals surface area (Å²) in [5.74, 6) is -0.462. The highest BCUT2D eigenvalue weighted by molar-refractivity contribution is 5.86. The minimum atomic E-state index is -0.565. The number of hydrogen-bond acceptors (Lipinski definition) is 5. The normalized spacial score (nSPS) is 12.0. The zero-order valence-electron chi connectivity index (χ0n) is 10.8. The molecule has 8 nitrogen and oxygen atoms in total. The first-order valence-electron chi connectivity index (χ1n) is 5.53. The molecule has 0 aromatic carbocycles. The van der Waals surface area contributed by atoms with Crippen molar-refractivity contribution < 1.29 is 9.59 Å². The molecule has 1 rings (SSSR count). The van der Waals surface area contributed by atoms with Gasteiger partial charge < -0.3 is 16.0 Å². The fourth-order valence-electron chi connectivity index (χ4n) is 1.39. The summed E-state index contributed by atoms with van der Waals surface area (Å²) < 4.78 is 1.38. The number of nitrogens with one attached hydrogen (secondary N) is 1. The summed E-state index contributed by atoms with van der Waals surface area (Å²) in [6.07, 6.45) is 1.60. The summed E-state index contributed by atoms with van der Waals surface area (Å²) in [6, 6.07) is -0.565. The third-order valence-electron chi connectivity index (χ3n) is 2.29. The number of hydrogen-bond donors (Lipinski definition) is 2. The van der Waals surface area contributed by atoms with Crippen molar-refractivity contribution in [2.75, 3.05) is 14.1 Å². The summed E-state index contributed by atoms with van der Waals surface area (Å²) >= 11 is 0. The number of aromatic nitrogens is 3. The van der Waals surface area contributed by atoms with Gasteiger partial charge in [-0.05, 0) is 6.92 Å². The van der Waals surface area contributed by atoms with E-state index in [0.717, 1.165) is 0 Å². The van der Waals surface area contributed by atoms with Crippen molar-refractivity contribution in [1.29, 1.82) is 0 Å². The van der Waals surface area contributed by atoms with E-state index in [1.54, 1.807) is 27.2 Å². The highest BCUT2D eigenvalue weighted by atomic mass is 16.2. The Kier molecular flexibility index (Phi) is 4.78. The number of rotatable bonds is 5. The Balaban J connectivity index is 2.49. The number of likely N-dealkylation sites (N-methyl/N-ethyl adjacent to an activating group) is 1. The van der Waals surface area contributed by atoms with Crippen molar-refractivity contribution in [1.82, 2.24) is 25.2 Å². The van der Waals surface area contributed by atoms with Crippen molar-refractivity contribution in [2.24, 2.45) is 5.73 Å². The molecule has 2 amide bonds. The molecule has 1 heterocycles. The van der Waals surface area contributed by atoms with Gasteiger partial charge in [0.15, 0.2) is 0 Å². The molecule has 1 aromatic heterocycles. The van der Waals surface area contributed by atoms with Crippen LogP contribution >= 0.6 is 0 Å². The van der Waals surface area contributed by atoms with Crippen molar-refractivity contribution in [2.45, 2.75) is 26.1 Å². The molecular weight excluding hydrogens is 236 g/mol. The van der Waals surface area contributed by atoms with Gasteiger partial charge in [-0.15, -0.1) is 5.10 Å². The van der Waals surface area contributed by atoms with Crippen LogP contribution in [0.4, 0.5) is 0 Å². The average molecular weight is 254 g/mol. The molecule has 18 heavy (non-hydrogen) atoms. The van der Waals surface area contributed by atoms with Crippen LogP contribution in [-0.4, -0.2) is 51.8 Å². The first-order chi connectivity index (χ1) is 8.43. The van der Waals surface area contributed by atoms with Gasteiger partial charge in [0.1, 0.15) is 12.6 Å². The van der Waals surface area contributed by atoms with Gasteiger partial charge in [0.2, 0.25) is 11.8 Å². The third-order valence-corrected chi connectivity index (χ3v) is 2.29. The lowest BCUT2D eigenvalue weighted by atomic mass is 10.3. The molecule has 0 spiro atoms. The van der Waals surface area contributed by atoms with E-state index in [2.05, 4.69) is 15.6 Å². The van der Waals surface area contributed by atoms with E-state index in [0.29, 0.717) is 5.69 Å². The lowest BCUT2D eigenvalue weighted by Gasteiger charge is -2.17. The van der Waals surface area contributed by atoms with Crippen molar-refractivity contribution >= 4 is 11.8 Å². The summed E-state index contributed by atoms with van der Waals surface area (Å²) in [4.78, 5) is 24.6. The Labute approximate surface area is 105 Å². The van der Waals surface area contributed by atoms with Crippen LogP contribution < -0.4 is 11.1 Å². The van der Waals surface area contributed by atoms with Crippen molar-refractivity contribution in [3.8, 4) is 0 Å². The van der Waals surface area contributed by atoms with Crippen LogP contribution in [0.5, 0.6) is 0 Å². The topological polar surface area (TPSA) is 106 Å². The largest absolute Gasteiger partial charge is 0.347 e. The molecule has 0 saturated heterocycles. The van der Waals surface area contributed by atoms with E-state index in [1.807, 2.05) is 0 Å². The summed E-state index contributed by atoms with van der Waals surface area (Å²) in [5, 5.41) is 10.1. The molecule has 0 aliphatic carbocycles. The quantitative estimate of drug-likeness (QED) is 0.653. The van der Waals surface area contributed by atoms with E-state index in [9.17, 15) is 9.59 Å². The first kappa shape index (κ1) is 14.1. The fourth-order valence-corrected chi connectivity index (χ4v) is 1.39. The highest BCUT2D eigenvalue weighted by Crippen LogP contribution is 1.93. The number of amides is 2. The van der Waals surface area contributed by atoms with Gasteiger partial charge in [-0.25, -0.2) is 4.68 Å². The predicted octanol–water partition coefficient (Wildman–Crippen LogP) is -1.67. The predicted molar refractivity (Wildman–Crippen MR) is 64.2 cm³/mol. The van der Waals surface area contributed by atoms with Crippen LogP contribution in [0, 0.1) is 0 Å². The second-order valence-corrected chi connectivity index (χ2v) is 4.13. The van der Waals surface area contributed by atoms with Crippen LogP contribution in [0.1, 0.15) is 12.6 Å². The van der Waals surface area contributed by atoms with E-state index in [-0.39, 0.29) is 24.9 Å². The van der Waals surface area contributed by atoms with Gasteiger partial charge in [0.25, 0.3) is 0 Å². The van der Waals surface area contributed by atoms with Gasteiger partial charge in [0, 0.05) is 20.6 Å². The lowest BCUT2D eigenvalue weighted by Crippen LogP contribution is -2.45. The standard InChI is InChI=1S/C10H18N6O2/c1-7(10(18)15(2)3)12-9(17)6-16-5-8(4-11)13-14-16/h5,7H,4,6,11H2,1-3H3,(H,12,17). The van der Waals surface area contributed by atoms with E-state index < -0.39 is 6.04 Å². The van der Waals surface area contributed by atoms with Crippen LogP contribution in [0.3, 0.4) is 0 Å². The molecule has 0 bridgehead atoms. The smallest absolute Gasteiger partial charge is 0.244 e. The number of carbonyl (C=O) groups excluding carboxylic acids is 2. The Morgan fingerprint density at radius 3 is 2.72 bits per heavy atom. The van der Waals surface area contributed by atoms with Crippen LogP contribution in [-0.2, 0) is 22.7 Å². The molecule has 100 valence electrons. The van der Waals surface area contributed by atoms with E-state index in [4.69, 9.17) is 5.73 Å². The average Bonchev–Trinajstić information content (AvgIpc) is 2.75. The first-order valence-corrected chi connectivity index (χ1v) is 5.53. The molecule has 0 fully saturated rings. The van der Waals surface area contributed by atoms with Crippen molar-refractivity contribution in [3.63, 3.8) is 0 Å². The summed E-state index contributed by atoms with van der Waals surface area (Å²) in [7, 11) is 3.27. The Hall–Kier alpha value is -1.96. The van der Waals surface area contributed by atoms with Gasteiger partial charge in [-0.3, -0.25) is 9.59 Å². The molecule has 0 aliphatic rings. The molecule has 0 saturated carbocycles. The molecule has 1 unspecified atom stereocenters. The van der Waals surface area contributed by atoms with E-state index in [1.165, 1.54) is 9.58 Å². The molecular formula is C10H18N6O2. The van der Waals surface area contributed by atoms with Gasteiger partial charge >= 0.3 is 0 Å². The Bertz CT molecular complexity index is 428. The van der Waals surface area contributed by atoms with Gasteiger partial charge in [0.05, 0.1) is 11.9 Å². The molecule has 0 aliphatic heterocycles. The monoisotopic (exact) mass is 254 g/mol. The van der Waals surface area contributed by atoms with Crippen LogP contribution in [0.15, 0.2) is 6.20 Å². The minimum absolute atomic E-state index is 0.0120. The molecule has 0 radical (unpaired) electrons. The maximum Gasteiger partial charge on any atom is 0.244 e. The maximum atomic E-state index is 11.6. The molecule has 1 atom stereocenters. The summed E-state index contributed by atoms with van der Waals surface area (Å²) in [6.45, 7) is 1.92. The summed E-state index contributed by atoms with van der Waals surface area (Å²) in [5.41, 5.74) is 5.99. The molecule has 3 N–H and O–H groups in total. The van der Waals surface area contributed by atoms with Crippen LogP contribution in [0.2, 0.25) is 0 Å². The van der Waals surface area contributed by atoms with E-state index >= 15 is 0 Å². The number of carbonyl (C=O) groups is 2. The second kappa shape index (κ2) is 6.10. The maximum absolute atomic E-state index is 11.6. The Morgan fingerprint density at radius 1 is 1.56 bits per heavy atom. The zero-order valence-corrected chi connectivity index (χ0v) is 10.8. The second-order valence-electron chi connectivity index (χ2n) is 4.13. The zero-order chi connectivity index (χ0) is 13.7. The fraction of sp³-hybridized carbons (Fsp3) is 0.600. The van der Waals surface area contributed by atoms with Gasteiger partial charge in [-0.1, -0.05) is 5.21 Å². The van der Waals surface area contributed by atoms with Crippen LogP contribution in [0.25, 0.3) is 0 Å². The Morgan fingerprint density at radius 2 is 2.22 bits per heavy atom. The third kappa shape index (κ3) is 3.81. The number of nitrogens with two attached hydrogens (primary N) is 1. The highest BCUT2D eigenvalue weighted by Gasteiger charge is 2.17.